The maximum absolute atomic E-state index is 12.1. The van der Waals surface area contributed by atoms with E-state index < -0.39 is 0 Å². The number of hydrogen-bond donors (Lipinski definition) is 0. The van der Waals surface area contributed by atoms with E-state index in [2.05, 4.69) is 4.98 Å². The van der Waals surface area contributed by atoms with E-state index in [0.29, 0.717) is 19.7 Å². The molecule has 5 heteroatoms. The number of rotatable bonds is 2. The van der Waals surface area contributed by atoms with Gasteiger partial charge in [0.25, 0.3) is 0 Å². The fraction of sp³-hybridized carbons (Fsp3) is 0.333. The van der Waals surface area contributed by atoms with Gasteiger partial charge in [-0.15, -0.1) is 0 Å². The number of hydrogen-bond acceptors (Lipinski definition) is 3. The Labute approximate surface area is 117 Å². The van der Waals surface area contributed by atoms with Crippen molar-refractivity contribution in [1.82, 2.24) is 14.5 Å². The van der Waals surface area contributed by atoms with E-state index in [4.69, 9.17) is 4.74 Å². The monoisotopic (exact) mass is 271 g/mol. The number of carbonyl (C=O) groups is 1. The van der Waals surface area contributed by atoms with Crippen molar-refractivity contribution in [2.24, 2.45) is 7.05 Å². The first-order valence-corrected chi connectivity index (χ1v) is 6.69. The Kier molecular flexibility index (Phi) is 3.41. The van der Waals surface area contributed by atoms with Crippen LogP contribution in [-0.4, -0.2) is 27.1 Å². The molecule has 0 atom stereocenters. The molecule has 20 heavy (non-hydrogen) atoms. The summed E-state index contributed by atoms with van der Waals surface area (Å²) in [5, 5.41) is 0. The van der Waals surface area contributed by atoms with Crippen molar-refractivity contribution in [2.75, 3.05) is 6.54 Å². The largest absolute Gasteiger partial charge is 0.445 e. The molecule has 0 bridgehead atoms. The van der Waals surface area contributed by atoms with Crippen molar-refractivity contribution in [2.45, 2.75) is 19.6 Å². The number of fused-ring (bicyclic) bond motifs is 1. The highest BCUT2D eigenvalue weighted by atomic mass is 16.6. The lowest BCUT2D eigenvalue weighted by Gasteiger charge is -2.26. The lowest BCUT2D eigenvalue weighted by molar-refractivity contribution is 0.0908. The first-order valence-electron chi connectivity index (χ1n) is 6.69. The van der Waals surface area contributed by atoms with Crippen LogP contribution in [0.4, 0.5) is 4.79 Å². The normalized spacial score (nSPS) is 13.9. The number of carbonyl (C=O) groups excluding carboxylic acids is 1. The zero-order chi connectivity index (χ0) is 13.9. The Morgan fingerprint density at radius 2 is 2.15 bits per heavy atom. The van der Waals surface area contributed by atoms with E-state index in [9.17, 15) is 4.79 Å². The quantitative estimate of drug-likeness (QED) is 0.840. The second-order valence-corrected chi connectivity index (χ2v) is 4.96. The zero-order valence-corrected chi connectivity index (χ0v) is 11.5. The Hall–Kier alpha value is -2.30. The van der Waals surface area contributed by atoms with Crippen LogP contribution in [0.25, 0.3) is 0 Å². The van der Waals surface area contributed by atoms with Crippen LogP contribution in [0.2, 0.25) is 0 Å². The molecule has 1 aromatic carbocycles. The Morgan fingerprint density at radius 1 is 1.35 bits per heavy atom. The van der Waals surface area contributed by atoms with Gasteiger partial charge >= 0.3 is 6.09 Å². The second-order valence-electron chi connectivity index (χ2n) is 4.96. The number of aromatic nitrogens is 2. The molecule has 2 aromatic rings. The highest BCUT2D eigenvalue weighted by Gasteiger charge is 2.24. The van der Waals surface area contributed by atoms with Gasteiger partial charge in [0.05, 0.1) is 24.3 Å². The third-order valence-electron chi connectivity index (χ3n) is 3.57. The molecular weight excluding hydrogens is 254 g/mol. The maximum Gasteiger partial charge on any atom is 0.410 e. The van der Waals surface area contributed by atoms with Crippen LogP contribution in [0.3, 0.4) is 0 Å². The van der Waals surface area contributed by atoms with Crippen molar-refractivity contribution >= 4 is 6.09 Å². The standard InChI is InChI=1S/C15H17N3O2/c1-17-11-16-13-7-8-18(9-14(13)17)15(19)20-10-12-5-3-2-4-6-12/h2-6,11H,7-10H2,1H3. The Bertz CT molecular complexity index is 607. The van der Waals surface area contributed by atoms with E-state index in [1.54, 1.807) is 11.2 Å². The highest BCUT2D eigenvalue weighted by Crippen LogP contribution is 2.17. The molecule has 1 aromatic heterocycles. The van der Waals surface area contributed by atoms with Gasteiger partial charge in [-0.3, -0.25) is 0 Å². The van der Waals surface area contributed by atoms with Crippen LogP contribution >= 0.6 is 0 Å². The van der Waals surface area contributed by atoms with Crippen LogP contribution in [0, 0.1) is 0 Å². The molecule has 2 heterocycles. The highest BCUT2D eigenvalue weighted by molar-refractivity contribution is 5.68. The molecule has 0 unspecified atom stereocenters. The summed E-state index contributed by atoms with van der Waals surface area (Å²) < 4.78 is 7.32. The lowest BCUT2D eigenvalue weighted by Crippen LogP contribution is -2.36. The van der Waals surface area contributed by atoms with Crippen molar-refractivity contribution in [3.63, 3.8) is 0 Å². The van der Waals surface area contributed by atoms with Gasteiger partial charge in [0.1, 0.15) is 6.61 Å². The van der Waals surface area contributed by atoms with E-state index in [1.165, 1.54) is 0 Å². The fourth-order valence-corrected chi connectivity index (χ4v) is 2.38. The van der Waals surface area contributed by atoms with Crippen molar-refractivity contribution in [3.05, 3.63) is 53.6 Å². The third-order valence-corrected chi connectivity index (χ3v) is 3.57. The Morgan fingerprint density at radius 3 is 2.95 bits per heavy atom. The second kappa shape index (κ2) is 5.36. The molecular formula is C15H17N3O2. The minimum atomic E-state index is -0.263. The number of imidazole rings is 1. The minimum Gasteiger partial charge on any atom is -0.445 e. The van der Waals surface area contributed by atoms with Gasteiger partial charge in [0.15, 0.2) is 0 Å². The molecule has 0 saturated carbocycles. The number of aryl methyl sites for hydroxylation is 1. The van der Waals surface area contributed by atoms with Crippen LogP contribution in [0.5, 0.6) is 0 Å². The molecule has 0 aliphatic carbocycles. The Balaban J connectivity index is 1.60. The van der Waals surface area contributed by atoms with Crippen molar-refractivity contribution in [3.8, 4) is 0 Å². The molecule has 0 spiro atoms. The first-order chi connectivity index (χ1) is 9.74. The molecule has 3 rings (SSSR count). The summed E-state index contributed by atoms with van der Waals surface area (Å²) in [6, 6.07) is 9.71. The molecule has 0 saturated heterocycles. The predicted molar refractivity (Wildman–Crippen MR) is 73.9 cm³/mol. The van der Waals surface area contributed by atoms with Gasteiger partial charge in [-0.2, -0.15) is 0 Å². The molecule has 0 N–H and O–H groups in total. The molecule has 1 aliphatic rings. The summed E-state index contributed by atoms with van der Waals surface area (Å²) in [6.07, 6.45) is 2.32. The summed E-state index contributed by atoms with van der Waals surface area (Å²) >= 11 is 0. The summed E-state index contributed by atoms with van der Waals surface area (Å²) in [5.74, 6) is 0. The summed E-state index contributed by atoms with van der Waals surface area (Å²) in [6.45, 7) is 1.55. The number of amides is 1. The van der Waals surface area contributed by atoms with Gasteiger partial charge in [0, 0.05) is 20.0 Å². The van der Waals surface area contributed by atoms with Crippen molar-refractivity contribution in [1.29, 1.82) is 0 Å². The average molecular weight is 271 g/mol. The average Bonchev–Trinajstić information content (AvgIpc) is 2.87. The maximum atomic E-state index is 12.1. The van der Waals surface area contributed by atoms with E-state index >= 15 is 0 Å². The molecule has 1 amide bonds. The number of nitrogens with zero attached hydrogens (tertiary/aromatic N) is 3. The van der Waals surface area contributed by atoms with Gasteiger partial charge in [-0.05, 0) is 5.56 Å². The molecule has 104 valence electrons. The SMILES string of the molecule is Cn1cnc2c1CN(C(=O)OCc1ccccc1)CC2. The molecule has 5 nitrogen and oxygen atoms in total. The molecule has 1 aliphatic heterocycles. The van der Waals surface area contributed by atoms with Gasteiger partial charge in [0.2, 0.25) is 0 Å². The van der Waals surface area contributed by atoms with Crippen LogP contribution in [0.15, 0.2) is 36.7 Å². The topological polar surface area (TPSA) is 47.4 Å². The molecule has 0 radical (unpaired) electrons. The van der Waals surface area contributed by atoms with Crippen LogP contribution < -0.4 is 0 Å². The zero-order valence-electron chi connectivity index (χ0n) is 11.5. The van der Waals surface area contributed by atoms with Gasteiger partial charge < -0.3 is 14.2 Å². The van der Waals surface area contributed by atoms with Crippen LogP contribution in [-0.2, 0) is 31.4 Å². The minimum absolute atomic E-state index is 0.263. The first kappa shape index (κ1) is 12.7. The van der Waals surface area contributed by atoms with E-state index in [-0.39, 0.29) is 6.09 Å². The number of ether oxygens (including phenoxy) is 1. The summed E-state index contributed by atoms with van der Waals surface area (Å²) in [7, 11) is 1.95. The van der Waals surface area contributed by atoms with Gasteiger partial charge in [-0.25, -0.2) is 9.78 Å². The number of benzene rings is 1. The lowest BCUT2D eigenvalue weighted by atomic mass is 10.1. The smallest absolute Gasteiger partial charge is 0.410 e. The molecule has 0 fully saturated rings. The van der Waals surface area contributed by atoms with Crippen LogP contribution in [0.1, 0.15) is 17.0 Å². The fourth-order valence-electron chi connectivity index (χ4n) is 2.38. The third kappa shape index (κ3) is 2.52. The van der Waals surface area contributed by atoms with Gasteiger partial charge in [-0.1, -0.05) is 30.3 Å². The summed E-state index contributed by atoms with van der Waals surface area (Å²) in [4.78, 5) is 18.1. The predicted octanol–water partition coefficient (Wildman–Crippen LogP) is 2.12. The van der Waals surface area contributed by atoms with Crippen molar-refractivity contribution < 1.29 is 9.53 Å². The summed E-state index contributed by atoms with van der Waals surface area (Å²) in [5.41, 5.74) is 3.17. The van der Waals surface area contributed by atoms with E-state index in [1.807, 2.05) is 41.9 Å². The van der Waals surface area contributed by atoms with E-state index in [0.717, 1.165) is 23.4 Å².